The van der Waals surface area contributed by atoms with Crippen molar-refractivity contribution in [2.24, 2.45) is 5.73 Å². The first-order valence-electron chi connectivity index (χ1n) is 7.09. The van der Waals surface area contributed by atoms with Gasteiger partial charge in [0.15, 0.2) is 0 Å². The summed E-state index contributed by atoms with van der Waals surface area (Å²) in [6.07, 6.45) is 1.84. The van der Waals surface area contributed by atoms with Gasteiger partial charge in [0, 0.05) is 16.6 Å². The molecule has 4 N–H and O–H groups in total. The highest BCUT2D eigenvalue weighted by atomic mass is 35.5. The van der Waals surface area contributed by atoms with Gasteiger partial charge in [0.05, 0.1) is 5.57 Å². The van der Waals surface area contributed by atoms with Crippen LogP contribution in [0, 0.1) is 0 Å². The third-order valence-electron chi connectivity index (χ3n) is 3.76. The second kappa shape index (κ2) is 6.18. The van der Waals surface area contributed by atoms with Crippen LogP contribution >= 0.6 is 11.6 Å². The normalized spacial score (nSPS) is 17.4. The molecule has 0 bridgehead atoms. The molecule has 2 aromatic carbocycles. The van der Waals surface area contributed by atoms with Crippen LogP contribution < -0.4 is 11.1 Å². The summed E-state index contributed by atoms with van der Waals surface area (Å²) in [6.45, 7) is 0. The fraction of sp³-hybridized carbons (Fsp3) is 0.0556. The third kappa shape index (κ3) is 2.94. The molecule has 0 radical (unpaired) electrons. The molecule has 1 heterocycles. The summed E-state index contributed by atoms with van der Waals surface area (Å²) in [7, 11) is 0. The summed E-state index contributed by atoms with van der Waals surface area (Å²) in [6, 6.07) is 16.8. The lowest BCUT2D eigenvalue weighted by molar-refractivity contribution is -0.133. The summed E-state index contributed by atoms with van der Waals surface area (Å²) < 4.78 is 0. The topological polar surface area (TPSA) is 75.4 Å². The van der Waals surface area contributed by atoms with Crippen molar-refractivity contribution in [1.29, 1.82) is 0 Å². The molecule has 1 aliphatic rings. The molecule has 3 rings (SSSR count). The maximum absolute atomic E-state index is 11.7. The van der Waals surface area contributed by atoms with E-state index in [0.717, 1.165) is 11.3 Å². The van der Waals surface area contributed by atoms with Crippen molar-refractivity contribution in [2.45, 2.75) is 5.92 Å². The van der Waals surface area contributed by atoms with E-state index in [1.165, 1.54) is 0 Å². The van der Waals surface area contributed by atoms with Gasteiger partial charge in [-0.1, -0.05) is 60.1 Å². The summed E-state index contributed by atoms with van der Waals surface area (Å²) in [5, 5.41) is 13.0. The zero-order valence-corrected chi connectivity index (χ0v) is 12.9. The van der Waals surface area contributed by atoms with E-state index in [2.05, 4.69) is 5.32 Å². The standard InChI is InChI=1S/C18H15ClN2O2/c19-14-9-5-4-8-12(14)13-10-15(11-6-2-1-3-7-11)21-17(20)16(13)18(22)23/h1-10,13,21H,20H2,(H,22,23). The predicted octanol–water partition coefficient (Wildman–Crippen LogP) is 3.32. The lowest BCUT2D eigenvalue weighted by Crippen LogP contribution is -2.30. The van der Waals surface area contributed by atoms with Crippen LogP contribution in [0.1, 0.15) is 17.0 Å². The zero-order chi connectivity index (χ0) is 16.4. The lowest BCUT2D eigenvalue weighted by atomic mass is 9.87. The molecular formula is C18H15ClN2O2. The summed E-state index contributed by atoms with van der Waals surface area (Å²) >= 11 is 6.26. The van der Waals surface area contributed by atoms with Crippen molar-refractivity contribution in [2.75, 3.05) is 0 Å². The Morgan fingerprint density at radius 3 is 2.39 bits per heavy atom. The number of carbonyl (C=O) groups is 1. The minimum atomic E-state index is -1.07. The van der Waals surface area contributed by atoms with Gasteiger partial charge in [0.2, 0.25) is 0 Å². The van der Waals surface area contributed by atoms with E-state index in [9.17, 15) is 9.90 Å². The lowest BCUT2D eigenvalue weighted by Gasteiger charge is -2.26. The molecule has 0 aliphatic carbocycles. The number of dihydropyridines is 1. The third-order valence-corrected chi connectivity index (χ3v) is 4.10. The predicted molar refractivity (Wildman–Crippen MR) is 90.6 cm³/mol. The van der Waals surface area contributed by atoms with Crippen LogP contribution in [0.3, 0.4) is 0 Å². The van der Waals surface area contributed by atoms with E-state index in [-0.39, 0.29) is 11.4 Å². The molecule has 0 fully saturated rings. The first-order chi connectivity index (χ1) is 11.1. The summed E-state index contributed by atoms with van der Waals surface area (Å²) in [5.74, 6) is -1.45. The second-order valence-electron chi connectivity index (χ2n) is 5.20. The van der Waals surface area contributed by atoms with Crippen LogP contribution in [0.4, 0.5) is 0 Å². The Hall–Kier alpha value is -2.72. The van der Waals surface area contributed by atoms with Crippen molar-refractivity contribution >= 4 is 23.3 Å². The van der Waals surface area contributed by atoms with Crippen molar-refractivity contribution in [3.63, 3.8) is 0 Å². The highest BCUT2D eigenvalue weighted by Crippen LogP contribution is 2.36. The molecule has 23 heavy (non-hydrogen) atoms. The Bertz CT molecular complexity index is 813. The molecule has 1 aliphatic heterocycles. The number of aliphatic carboxylic acids is 1. The van der Waals surface area contributed by atoms with Gasteiger partial charge >= 0.3 is 5.97 Å². The van der Waals surface area contributed by atoms with E-state index < -0.39 is 11.9 Å². The van der Waals surface area contributed by atoms with Gasteiger partial charge in [-0.25, -0.2) is 4.79 Å². The van der Waals surface area contributed by atoms with Gasteiger partial charge < -0.3 is 16.2 Å². The van der Waals surface area contributed by atoms with Gasteiger partial charge in [-0.05, 0) is 23.3 Å². The quantitative estimate of drug-likeness (QED) is 0.808. The molecule has 0 saturated carbocycles. The molecule has 0 saturated heterocycles. The Kier molecular flexibility index (Phi) is 4.08. The maximum atomic E-state index is 11.7. The Labute approximate surface area is 138 Å². The SMILES string of the molecule is NC1=C(C(=O)O)C(c2ccccc2Cl)C=C(c2ccccc2)N1. The van der Waals surface area contributed by atoms with Crippen molar-refractivity contribution in [3.8, 4) is 0 Å². The van der Waals surface area contributed by atoms with Crippen LogP contribution in [-0.2, 0) is 4.79 Å². The molecule has 1 unspecified atom stereocenters. The Morgan fingerprint density at radius 2 is 1.74 bits per heavy atom. The molecule has 116 valence electrons. The average molecular weight is 327 g/mol. The second-order valence-corrected chi connectivity index (χ2v) is 5.61. The minimum Gasteiger partial charge on any atom is -0.478 e. The zero-order valence-electron chi connectivity index (χ0n) is 12.2. The molecular weight excluding hydrogens is 312 g/mol. The molecule has 2 aromatic rings. The summed E-state index contributed by atoms with van der Waals surface area (Å²) in [5.41, 5.74) is 8.49. The molecule has 0 spiro atoms. The molecule has 1 atom stereocenters. The first-order valence-corrected chi connectivity index (χ1v) is 7.47. The fourth-order valence-electron chi connectivity index (χ4n) is 2.68. The van der Waals surface area contributed by atoms with E-state index in [4.69, 9.17) is 17.3 Å². The molecule has 5 heteroatoms. The number of hydrogen-bond donors (Lipinski definition) is 3. The molecule has 4 nitrogen and oxygen atoms in total. The van der Waals surface area contributed by atoms with Gasteiger partial charge in [-0.15, -0.1) is 0 Å². The molecule has 0 aromatic heterocycles. The average Bonchev–Trinajstić information content (AvgIpc) is 2.55. The van der Waals surface area contributed by atoms with Gasteiger partial charge in [-0.3, -0.25) is 0 Å². The van der Waals surface area contributed by atoms with Crippen LogP contribution in [0.2, 0.25) is 5.02 Å². The number of nitrogens with one attached hydrogen (secondary N) is 1. The van der Waals surface area contributed by atoms with E-state index in [1.807, 2.05) is 54.6 Å². The van der Waals surface area contributed by atoms with Gasteiger partial charge in [0.25, 0.3) is 0 Å². The van der Waals surface area contributed by atoms with Crippen LogP contribution in [0.5, 0.6) is 0 Å². The molecule has 0 amide bonds. The van der Waals surface area contributed by atoms with Crippen molar-refractivity contribution in [3.05, 3.63) is 88.2 Å². The Morgan fingerprint density at radius 1 is 1.09 bits per heavy atom. The fourth-order valence-corrected chi connectivity index (χ4v) is 2.93. The van der Waals surface area contributed by atoms with Gasteiger partial charge in [-0.2, -0.15) is 0 Å². The highest BCUT2D eigenvalue weighted by Gasteiger charge is 2.29. The number of rotatable bonds is 3. The van der Waals surface area contributed by atoms with Crippen molar-refractivity contribution in [1.82, 2.24) is 5.32 Å². The van der Waals surface area contributed by atoms with E-state index in [0.29, 0.717) is 10.6 Å². The number of carboxylic acid groups (broad SMARTS) is 1. The smallest absolute Gasteiger partial charge is 0.336 e. The van der Waals surface area contributed by atoms with Crippen LogP contribution in [0.15, 0.2) is 72.1 Å². The Balaban J connectivity index is 2.14. The maximum Gasteiger partial charge on any atom is 0.336 e. The number of hydrogen-bond acceptors (Lipinski definition) is 3. The largest absolute Gasteiger partial charge is 0.478 e. The highest BCUT2D eigenvalue weighted by molar-refractivity contribution is 6.31. The monoisotopic (exact) mass is 326 g/mol. The minimum absolute atomic E-state index is 0.0952. The number of benzene rings is 2. The van der Waals surface area contributed by atoms with E-state index >= 15 is 0 Å². The van der Waals surface area contributed by atoms with E-state index in [1.54, 1.807) is 6.07 Å². The number of carboxylic acids is 1. The van der Waals surface area contributed by atoms with Crippen LogP contribution in [-0.4, -0.2) is 11.1 Å². The number of allylic oxidation sites excluding steroid dienone is 1. The van der Waals surface area contributed by atoms with Crippen molar-refractivity contribution < 1.29 is 9.90 Å². The van der Waals surface area contributed by atoms with Crippen LogP contribution in [0.25, 0.3) is 5.70 Å². The summed E-state index contributed by atoms with van der Waals surface area (Å²) in [4.78, 5) is 11.7. The number of nitrogens with two attached hydrogens (primary N) is 1. The number of halogens is 1. The van der Waals surface area contributed by atoms with Gasteiger partial charge in [0.1, 0.15) is 5.82 Å². The first kappa shape index (κ1) is 15.2.